The van der Waals surface area contributed by atoms with E-state index in [1.165, 1.54) is 0 Å². The van der Waals surface area contributed by atoms with Crippen molar-refractivity contribution < 1.29 is 9.53 Å². The lowest BCUT2D eigenvalue weighted by Crippen LogP contribution is -2.36. The third-order valence-electron chi connectivity index (χ3n) is 2.38. The van der Waals surface area contributed by atoms with Gasteiger partial charge in [0.25, 0.3) is 0 Å². The van der Waals surface area contributed by atoms with Crippen LogP contribution < -0.4 is 5.32 Å². The highest BCUT2D eigenvalue weighted by atomic mass is 32.1. The number of hydrogen-bond acceptors (Lipinski definition) is 3. The van der Waals surface area contributed by atoms with E-state index in [1.54, 1.807) is 18.3 Å². The van der Waals surface area contributed by atoms with Gasteiger partial charge in [0.15, 0.2) is 0 Å². The standard InChI is InChI=1S/C13H21NO2S/c1-9(2)8-16-11(4)13(15)14-10(3)12-6-5-7-17-12/h5-7,9-11H,8H2,1-4H3,(H,14,15)/t10-,11-/m1/s1. The van der Waals surface area contributed by atoms with Crippen LogP contribution in [0.25, 0.3) is 0 Å². The maximum absolute atomic E-state index is 11.8. The molecular weight excluding hydrogens is 234 g/mol. The molecule has 0 unspecified atom stereocenters. The van der Waals surface area contributed by atoms with Gasteiger partial charge in [0.2, 0.25) is 5.91 Å². The first kappa shape index (κ1) is 14.2. The Morgan fingerprint density at radius 3 is 2.65 bits per heavy atom. The summed E-state index contributed by atoms with van der Waals surface area (Å²) >= 11 is 1.65. The Kier molecular flexibility index (Phi) is 5.65. The number of hydrogen-bond donors (Lipinski definition) is 1. The number of carbonyl (C=O) groups excluding carboxylic acids is 1. The molecule has 1 aromatic heterocycles. The predicted octanol–water partition coefficient (Wildman–Crippen LogP) is 2.99. The summed E-state index contributed by atoms with van der Waals surface area (Å²) < 4.78 is 5.47. The zero-order valence-corrected chi connectivity index (χ0v) is 11.7. The summed E-state index contributed by atoms with van der Waals surface area (Å²) in [5.41, 5.74) is 0. The molecule has 0 aromatic carbocycles. The Morgan fingerprint density at radius 1 is 1.41 bits per heavy atom. The SMILES string of the molecule is CC(C)CO[C@H](C)C(=O)N[C@H](C)c1cccs1. The molecule has 2 atom stereocenters. The lowest BCUT2D eigenvalue weighted by molar-refractivity contribution is -0.133. The first-order valence-electron chi connectivity index (χ1n) is 5.96. The number of rotatable bonds is 6. The highest BCUT2D eigenvalue weighted by molar-refractivity contribution is 7.10. The van der Waals surface area contributed by atoms with Crippen molar-refractivity contribution in [1.29, 1.82) is 0 Å². The molecule has 3 nitrogen and oxygen atoms in total. The second-order valence-corrected chi connectivity index (χ2v) is 5.59. The Morgan fingerprint density at radius 2 is 2.12 bits per heavy atom. The van der Waals surface area contributed by atoms with Crippen LogP contribution in [0.5, 0.6) is 0 Å². The number of amides is 1. The summed E-state index contributed by atoms with van der Waals surface area (Å²) in [6.07, 6.45) is -0.389. The van der Waals surface area contributed by atoms with Gasteiger partial charge < -0.3 is 10.1 Å². The van der Waals surface area contributed by atoms with E-state index in [4.69, 9.17) is 4.74 Å². The van der Waals surface area contributed by atoms with Crippen molar-refractivity contribution in [2.45, 2.75) is 39.8 Å². The topological polar surface area (TPSA) is 38.3 Å². The lowest BCUT2D eigenvalue weighted by atomic mass is 10.2. The Bertz CT molecular complexity index is 335. The molecule has 0 aliphatic heterocycles. The molecule has 0 saturated heterocycles. The molecule has 0 fully saturated rings. The molecule has 1 N–H and O–H groups in total. The van der Waals surface area contributed by atoms with Crippen LogP contribution in [0.3, 0.4) is 0 Å². The predicted molar refractivity (Wildman–Crippen MR) is 71.1 cm³/mol. The maximum Gasteiger partial charge on any atom is 0.249 e. The summed E-state index contributed by atoms with van der Waals surface area (Å²) in [5.74, 6) is 0.395. The van der Waals surface area contributed by atoms with Gasteiger partial charge in [-0.2, -0.15) is 0 Å². The third-order valence-corrected chi connectivity index (χ3v) is 3.43. The second-order valence-electron chi connectivity index (χ2n) is 4.62. The van der Waals surface area contributed by atoms with Crippen LogP contribution in [0.1, 0.15) is 38.6 Å². The second kappa shape index (κ2) is 6.77. The minimum Gasteiger partial charge on any atom is -0.368 e. The van der Waals surface area contributed by atoms with E-state index >= 15 is 0 Å². The number of thiophene rings is 1. The summed E-state index contributed by atoms with van der Waals surface area (Å²) in [7, 11) is 0. The van der Waals surface area contributed by atoms with E-state index in [2.05, 4.69) is 19.2 Å². The zero-order chi connectivity index (χ0) is 12.8. The normalized spacial score (nSPS) is 14.6. The van der Waals surface area contributed by atoms with Gasteiger partial charge >= 0.3 is 0 Å². The van der Waals surface area contributed by atoms with Gasteiger partial charge in [0.05, 0.1) is 6.04 Å². The van der Waals surface area contributed by atoms with Crippen LogP contribution in [0, 0.1) is 5.92 Å². The van der Waals surface area contributed by atoms with Crippen LogP contribution >= 0.6 is 11.3 Å². The van der Waals surface area contributed by atoms with Gasteiger partial charge in [-0.25, -0.2) is 0 Å². The average Bonchev–Trinajstić information content (AvgIpc) is 2.78. The molecule has 4 heteroatoms. The molecule has 0 aliphatic rings. The van der Waals surface area contributed by atoms with E-state index in [9.17, 15) is 4.79 Å². The average molecular weight is 255 g/mol. The van der Waals surface area contributed by atoms with Crippen molar-refractivity contribution in [3.05, 3.63) is 22.4 Å². The fourth-order valence-electron chi connectivity index (χ4n) is 1.35. The van der Waals surface area contributed by atoms with Gasteiger partial charge in [-0.15, -0.1) is 11.3 Å². The molecule has 0 bridgehead atoms. The molecule has 0 spiro atoms. The first-order chi connectivity index (χ1) is 8.00. The fourth-order valence-corrected chi connectivity index (χ4v) is 2.09. The molecule has 0 saturated carbocycles. The van der Waals surface area contributed by atoms with Crippen LogP contribution in [0.15, 0.2) is 17.5 Å². The largest absolute Gasteiger partial charge is 0.368 e. The van der Waals surface area contributed by atoms with Crippen molar-refractivity contribution in [3.8, 4) is 0 Å². The van der Waals surface area contributed by atoms with Gasteiger partial charge in [0, 0.05) is 11.5 Å². The summed E-state index contributed by atoms with van der Waals surface area (Å²) in [6.45, 7) is 8.53. The maximum atomic E-state index is 11.8. The number of nitrogens with one attached hydrogen (secondary N) is 1. The summed E-state index contributed by atoms with van der Waals surface area (Å²) in [4.78, 5) is 13.0. The molecular formula is C13H21NO2S. The molecule has 1 amide bonds. The number of ether oxygens (including phenoxy) is 1. The van der Waals surface area contributed by atoms with E-state index in [1.807, 2.05) is 24.4 Å². The summed E-state index contributed by atoms with van der Waals surface area (Å²) in [6, 6.07) is 4.06. The molecule has 1 heterocycles. The number of carbonyl (C=O) groups is 1. The first-order valence-corrected chi connectivity index (χ1v) is 6.84. The Balaban J connectivity index is 2.38. The molecule has 1 aromatic rings. The minimum atomic E-state index is -0.389. The van der Waals surface area contributed by atoms with E-state index < -0.39 is 0 Å². The lowest BCUT2D eigenvalue weighted by Gasteiger charge is -2.18. The van der Waals surface area contributed by atoms with E-state index in [0.29, 0.717) is 12.5 Å². The molecule has 1 rings (SSSR count). The van der Waals surface area contributed by atoms with Crippen LogP contribution in [-0.4, -0.2) is 18.6 Å². The van der Waals surface area contributed by atoms with Gasteiger partial charge in [-0.1, -0.05) is 19.9 Å². The highest BCUT2D eigenvalue weighted by Gasteiger charge is 2.17. The minimum absolute atomic E-state index is 0.0487. The van der Waals surface area contributed by atoms with Crippen LogP contribution in [0.2, 0.25) is 0 Å². The van der Waals surface area contributed by atoms with Crippen molar-refractivity contribution in [2.75, 3.05) is 6.61 Å². The van der Waals surface area contributed by atoms with E-state index in [0.717, 1.165) is 4.88 Å². The third kappa shape index (κ3) is 4.88. The van der Waals surface area contributed by atoms with Gasteiger partial charge in [-0.3, -0.25) is 4.79 Å². The summed E-state index contributed by atoms with van der Waals surface area (Å²) in [5, 5.41) is 4.96. The van der Waals surface area contributed by atoms with Crippen molar-refractivity contribution >= 4 is 17.2 Å². The zero-order valence-electron chi connectivity index (χ0n) is 10.9. The molecule has 0 radical (unpaired) electrons. The quantitative estimate of drug-likeness (QED) is 0.848. The monoisotopic (exact) mass is 255 g/mol. The highest BCUT2D eigenvalue weighted by Crippen LogP contribution is 2.18. The van der Waals surface area contributed by atoms with Crippen LogP contribution in [-0.2, 0) is 9.53 Å². The van der Waals surface area contributed by atoms with Crippen LogP contribution in [0.4, 0.5) is 0 Å². The molecule has 17 heavy (non-hydrogen) atoms. The Hall–Kier alpha value is -0.870. The Labute approximate surface area is 107 Å². The van der Waals surface area contributed by atoms with Gasteiger partial charge in [0.1, 0.15) is 6.10 Å². The van der Waals surface area contributed by atoms with Crippen molar-refractivity contribution in [3.63, 3.8) is 0 Å². The molecule has 0 aliphatic carbocycles. The fraction of sp³-hybridized carbons (Fsp3) is 0.615. The van der Waals surface area contributed by atoms with E-state index in [-0.39, 0.29) is 18.1 Å². The smallest absolute Gasteiger partial charge is 0.249 e. The molecule has 96 valence electrons. The van der Waals surface area contributed by atoms with Crippen molar-refractivity contribution in [2.24, 2.45) is 5.92 Å². The van der Waals surface area contributed by atoms with Gasteiger partial charge in [-0.05, 0) is 31.2 Å². The van der Waals surface area contributed by atoms with Crippen molar-refractivity contribution in [1.82, 2.24) is 5.32 Å².